The lowest BCUT2D eigenvalue weighted by Crippen LogP contribution is -2.52. The molecule has 2 aliphatic heterocycles. The smallest absolute Gasteiger partial charge is 0.227 e. The molecule has 2 saturated heterocycles. The third-order valence-electron chi connectivity index (χ3n) is 7.25. The van der Waals surface area contributed by atoms with Crippen molar-refractivity contribution >= 4 is 22.7 Å². The zero-order valence-corrected chi connectivity index (χ0v) is 20.7. The molecule has 1 unspecified atom stereocenters. The molecule has 3 heterocycles. The van der Waals surface area contributed by atoms with Crippen LogP contribution in [-0.4, -0.2) is 77.4 Å². The summed E-state index contributed by atoms with van der Waals surface area (Å²) in [5.74, 6) is 0.927. The molecular weight excluding hydrogens is 452 g/mol. The van der Waals surface area contributed by atoms with Gasteiger partial charge in [-0.25, -0.2) is 0 Å². The summed E-state index contributed by atoms with van der Waals surface area (Å²) in [6.45, 7) is 5.59. The van der Waals surface area contributed by atoms with Gasteiger partial charge in [0.25, 0.3) is 0 Å². The summed E-state index contributed by atoms with van der Waals surface area (Å²) in [4.78, 5) is 36.9. The number of rotatable bonds is 7. The highest BCUT2D eigenvalue weighted by Crippen LogP contribution is 2.22. The monoisotopic (exact) mass is 486 g/mol. The van der Waals surface area contributed by atoms with Crippen molar-refractivity contribution in [3.8, 4) is 5.75 Å². The number of aromatic nitrogens is 1. The van der Waals surface area contributed by atoms with Crippen LogP contribution < -0.4 is 4.74 Å². The second kappa shape index (κ2) is 11.5. The number of piperidine rings is 1. The molecule has 2 fully saturated rings. The van der Waals surface area contributed by atoms with Gasteiger partial charge in [-0.3, -0.25) is 19.5 Å². The first kappa shape index (κ1) is 24.3. The summed E-state index contributed by atoms with van der Waals surface area (Å²) >= 11 is 0. The van der Waals surface area contributed by atoms with E-state index in [1.165, 1.54) is 5.56 Å². The Labute approximate surface area is 212 Å². The number of ether oxygens (including phenoxy) is 1. The van der Waals surface area contributed by atoms with Crippen LogP contribution >= 0.6 is 0 Å². The molecule has 7 heteroatoms. The zero-order valence-electron chi connectivity index (χ0n) is 20.7. The Hall–Kier alpha value is -3.45. The Kier molecular flexibility index (Phi) is 7.76. The number of pyridine rings is 1. The molecule has 2 aromatic carbocycles. The van der Waals surface area contributed by atoms with Gasteiger partial charge in [0.1, 0.15) is 5.75 Å². The highest BCUT2D eigenvalue weighted by Gasteiger charge is 2.32. The van der Waals surface area contributed by atoms with Gasteiger partial charge in [-0.1, -0.05) is 42.5 Å². The van der Waals surface area contributed by atoms with Gasteiger partial charge >= 0.3 is 0 Å². The predicted octanol–water partition coefficient (Wildman–Crippen LogP) is 3.59. The Morgan fingerprint density at radius 1 is 0.889 bits per heavy atom. The van der Waals surface area contributed by atoms with Crippen molar-refractivity contribution in [2.24, 2.45) is 5.92 Å². The molecule has 0 spiro atoms. The van der Waals surface area contributed by atoms with E-state index in [4.69, 9.17) is 4.74 Å². The van der Waals surface area contributed by atoms with Gasteiger partial charge in [0, 0.05) is 57.4 Å². The topological polar surface area (TPSA) is 66.0 Å². The molecule has 1 atom stereocenters. The number of benzene rings is 2. The molecule has 1 aromatic heterocycles. The van der Waals surface area contributed by atoms with Crippen LogP contribution in [0.25, 0.3) is 10.9 Å². The predicted molar refractivity (Wildman–Crippen MR) is 139 cm³/mol. The second-order valence-electron chi connectivity index (χ2n) is 9.68. The van der Waals surface area contributed by atoms with Crippen molar-refractivity contribution in [1.29, 1.82) is 0 Å². The molecule has 0 saturated carbocycles. The van der Waals surface area contributed by atoms with Crippen LogP contribution in [0.3, 0.4) is 0 Å². The second-order valence-corrected chi connectivity index (χ2v) is 9.68. The molecule has 36 heavy (non-hydrogen) atoms. The quantitative estimate of drug-likeness (QED) is 0.511. The van der Waals surface area contributed by atoms with E-state index in [1.54, 1.807) is 0 Å². The molecule has 0 bridgehead atoms. The number of carbonyl (C=O) groups excluding carboxylic acids is 2. The minimum absolute atomic E-state index is 0.0666. The van der Waals surface area contributed by atoms with E-state index < -0.39 is 0 Å². The fraction of sp³-hybridized carbons (Fsp3) is 0.414. The summed E-state index contributed by atoms with van der Waals surface area (Å²) in [7, 11) is 0. The van der Waals surface area contributed by atoms with Crippen molar-refractivity contribution in [1.82, 2.24) is 19.7 Å². The summed E-state index contributed by atoms with van der Waals surface area (Å²) in [5.41, 5.74) is 2.28. The van der Waals surface area contributed by atoms with Gasteiger partial charge in [0.15, 0.2) is 0 Å². The van der Waals surface area contributed by atoms with E-state index in [1.807, 2.05) is 52.4 Å². The standard InChI is InChI=1S/C29H34N4O3/c34-27(13-20-36-26-11-2-1-3-12-26)33-15-6-10-25(22-33)29(35)32-18-16-31(17-19-32)21-24-8-4-7-23-9-5-14-30-28(23)24/h1-5,7-9,11-12,14,25H,6,10,13,15-22H2. The average molecular weight is 487 g/mol. The lowest BCUT2D eigenvalue weighted by Gasteiger charge is -2.39. The fourth-order valence-electron chi connectivity index (χ4n) is 5.26. The average Bonchev–Trinajstić information content (AvgIpc) is 2.94. The van der Waals surface area contributed by atoms with Crippen LogP contribution in [0.4, 0.5) is 0 Å². The maximum Gasteiger partial charge on any atom is 0.227 e. The van der Waals surface area contributed by atoms with Crippen molar-refractivity contribution in [2.45, 2.75) is 25.8 Å². The number of amides is 2. The fourth-order valence-corrected chi connectivity index (χ4v) is 5.26. The molecule has 0 aliphatic carbocycles. The van der Waals surface area contributed by atoms with E-state index in [9.17, 15) is 9.59 Å². The van der Waals surface area contributed by atoms with Gasteiger partial charge in [0.05, 0.1) is 24.5 Å². The number of nitrogens with zero attached hydrogens (tertiary/aromatic N) is 4. The molecule has 2 aliphatic rings. The Bertz CT molecular complexity index is 1170. The van der Waals surface area contributed by atoms with Gasteiger partial charge in [-0.2, -0.15) is 0 Å². The third kappa shape index (κ3) is 5.85. The molecular formula is C29H34N4O3. The molecule has 5 rings (SSSR count). The van der Waals surface area contributed by atoms with Crippen LogP contribution in [0.2, 0.25) is 0 Å². The molecule has 2 amide bonds. The highest BCUT2D eigenvalue weighted by molar-refractivity contribution is 5.82. The van der Waals surface area contributed by atoms with Crippen LogP contribution in [-0.2, 0) is 16.1 Å². The largest absolute Gasteiger partial charge is 0.493 e. The zero-order chi connectivity index (χ0) is 24.7. The third-order valence-corrected chi connectivity index (χ3v) is 7.25. The summed E-state index contributed by atoms with van der Waals surface area (Å²) < 4.78 is 5.68. The lowest BCUT2D eigenvalue weighted by molar-refractivity contribution is -0.142. The van der Waals surface area contributed by atoms with Gasteiger partial charge in [-0.05, 0) is 36.6 Å². The molecule has 7 nitrogen and oxygen atoms in total. The van der Waals surface area contributed by atoms with E-state index >= 15 is 0 Å². The lowest BCUT2D eigenvalue weighted by atomic mass is 9.96. The Morgan fingerprint density at radius 3 is 2.53 bits per heavy atom. The van der Waals surface area contributed by atoms with E-state index in [0.29, 0.717) is 19.6 Å². The summed E-state index contributed by atoms with van der Waals surface area (Å²) in [6.07, 6.45) is 3.90. The number of hydrogen-bond donors (Lipinski definition) is 0. The summed E-state index contributed by atoms with van der Waals surface area (Å²) in [5, 5.41) is 1.16. The molecule has 188 valence electrons. The first-order chi connectivity index (χ1) is 17.7. The van der Waals surface area contributed by atoms with E-state index in [-0.39, 0.29) is 17.7 Å². The number of fused-ring (bicyclic) bond motifs is 1. The van der Waals surface area contributed by atoms with E-state index in [0.717, 1.165) is 68.8 Å². The number of likely N-dealkylation sites (tertiary alicyclic amines) is 1. The van der Waals surface area contributed by atoms with Crippen molar-refractivity contribution < 1.29 is 14.3 Å². The van der Waals surface area contributed by atoms with Gasteiger partial charge in [0.2, 0.25) is 11.8 Å². The Balaban J connectivity index is 1.09. The molecule has 3 aromatic rings. The normalized spacial score (nSPS) is 18.8. The van der Waals surface area contributed by atoms with Crippen LogP contribution in [0.1, 0.15) is 24.8 Å². The minimum Gasteiger partial charge on any atom is -0.493 e. The first-order valence-corrected chi connectivity index (χ1v) is 13.0. The minimum atomic E-state index is -0.105. The molecule has 0 N–H and O–H groups in total. The van der Waals surface area contributed by atoms with Crippen molar-refractivity contribution in [3.63, 3.8) is 0 Å². The van der Waals surface area contributed by atoms with Gasteiger partial charge in [-0.15, -0.1) is 0 Å². The van der Waals surface area contributed by atoms with E-state index in [2.05, 4.69) is 34.1 Å². The number of piperazine rings is 1. The van der Waals surface area contributed by atoms with Crippen LogP contribution in [0.15, 0.2) is 66.9 Å². The number of carbonyl (C=O) groups is 2. The number of para-hydroxylation sites is 2. The first-order valence-electron chi connectivity index (χ1n) is 13.0. The number of hydrogen-bond acceptors (Lipinski definition) is 5. The van der Waals surface area contributed by atoms with Crippen molar-refractivity contribution in [3.05, 3.63) is 72.4 Å². The SMILES string of the molecule is O=C(CCOc1ccccc1)N1CCCC(C(=O)N2CCN(Cc3cccc4cccnc34)CC2)C1. The van der Waals surface area contributed by atoms with Gasteiger partial charge < -0.3 is 14.5 Å². The van der Waals surface area contributed by atoms with Crippen molar-refractivity contribution in [2.75, 3.05) is 45.9 Å². The maximum atomic E-state index is 13.3. The maximum absolute atomic E-state index is 13.3. The molecule has 0 radical (unpaired) electrons. The van der Waals surface area contributed by atoms with Crippen LogP contribution in [0.5, 0.6) is 5.75 Å². The Morgan fingerprint density at radius 2 is 1.69 bits per heavy atom. The van der Waals surface area contributed by atoms with Crippen LogP contribution in [0, 0.1) is 5.92 Å². The highest BCUT2D eigenvalue weighted by atomic mass is 16.5. The summed E-state index contributed by atoms with van der Waals surface area (Å²) in [6, 6.07) is 19.9.